The number of nitrogens with zero attached hydrogens (tertiary/aromatic N) is 5. The standard InChI is InChI=1S/C19H19N5O/c1-12-11-20-13(2)19-22-18(23-24(12)19)9-8-14-10-17(25-3)15-6-4-5-7-16(15)21-14/h4-7,10-11H,8-9H2,1-3H3. The van der Waals surface area contributed by atoms with E-state index < -0.39 is 0 Å². The summed E-state index contributed by atoms with van der Waals surface area (Å²) in [6.45, 7) is 3.93. The molecule has 25 heavy (non-hydrogen) atoms. The minimum atomic E-state index is 0.717. The van der Waals surface area contributed by atoms with Crippen LogP contribution in [-0.2, 0) is 12.8 Å². The minimum Gasteiger partial charge on any atom is -0.496 e. The number of rotatable bonds is 4. The first-order chi connectivity index (χ1) is 12.2. The Bertz CT molecular complexity index is 1030. The van der Waals surface area contributed by atoms with Crippen molar-refractivity contribution in [2.75, 3.05) is 7.11 Å². The summed E-state index contributed by atoms with van der Waals surface area (Å²) in [6, 6.07) is 10.00. The maximum absolute atomic E-state index is 5.52. The molecule has 3 heterocycles. The van der Waals surface area contributed by atoms with Gasteiger partial charge in [-0.05, 0) is 32.4 Å². The van der Waals surface area contributed by atoms with Gasteiger partial charge in [-0.25, -0.2) is 9.50 Å². The first-order valence-electron chi connectivity index (χ1n) is 8.26. The summed E-state index contributed by atoms with van der Waals surface area (Å²) in [5.74, 6) is 1.65. The number of benzene rings is 1. The van der Waals surface area contributed by atoms with Crippen LogP contribution in [0.1, 0.15) is 22.9 Å². The van der Waals surface area contributed by atoms with Crippen LogP contribution < -0.4 is 4.74 Å². The molecule has 0 amide bonds. The van der Waals surface area contributed by atoms with Gasteiger partial charge in [0, 0.05) is 29.8 Å². The Hall–Kier alpha value is -3.02. The van der Waals surface area contributed by atoms with Gasteiger partial charge in [0.1, 0.15) is 5.75 Å². The highest BCUT2D eigenvalue weighted by atomic mass is 16.5. The fourth-order valence-electron chi connectivity index (χ4n) is 2.98. The lowest BCUT2D eigenvalue weighted by atomic mass is 10.1. The molecule has 3 aromatic heterocycles. The van der Waals surface area contributed by atoms with E-state index in [2.05, 4.69) is 15.1 Å². The number of hydrogen-bond acceptors (Lipinski definition) is 5. The molecule has 0 saturated carbocycles. The van der Waals surface area contributed by atoms with Crippen LogP contribution in [0.4, 0.5) is 0 Å². The highest BCUT2D eigenvalue weighted by Crippen LogP contribution is 2.25. The molecule has 4 rings (SSSR count). The molecule has 4 aromatic rings. The molecule has 0 aliphatic carbocycles. The van der Waals surface area contributed by atoms with Crippen LogP contribution in [0.5, 0.6) is 5.75 Å². The largest absolute Gasteiger partial charge is 0.496 e. The lowest BCUT2D eigenvalue weighted by Crippen LogP contribution is -1.99. The van der Waals surface area contributed by atoms with Crippen LogP contribution >= 0.6 is 0 Å². The normalized spacial score (nSPS) is 11.3. The van der Waals surface area contributed by atoms with E-state index in [1.165, 1.54) is 0 Å². The Balaban J connectivity index is 1.64. The van der Waals surface area contributed by atoms with Gasteiger partial charge in [-0.3, -0.25) is 9.97 Å². The second-order valence-corrected chi connectivity index (χ2v) is 6.08. The van der Waals surface area contributed by atoms with Gasteiger partial charge in [-0.1, -0.05) is 12.1 Å². The smallest absolute Gasteiger partial charge is 0.177 e. The van der Waals surface area contributed by atoms with Crippen molar-refractivity contribution in [1.29, 1.82) is 0 Å². The zero-order chi connectivity index (χ0) is 17.4. The molecule has 6 heteroatoms. The van der Waals surface area contributed by atoms with Crippen molar-refractivity contribution in [2.24, 2.45) is 0 Å². The second-order valence-electron chi connectivity index (χ2n) is 6.08. The maximum Gasteiger partial charge on any atom is 0.177 e. The molecular weight excluding hydrogens is 314 g/mol. The minimum absolute atomic E-state index is 0.717. The van der Waals surface area contributed by atoms with Crippen molar-refractivity contribution >= 4 is 16.6 Å². The number of hydrogen-bond donors (Lipinski definition) is 0. The van der Waals surface area contributed by atoms with Gasteiger partial charge in [0.15, 0.2) is 11.5 Å². The van der Waals surface area contributed by atoms with Gasteiger partial charge in [-0.2, -0.15) is 5.10 Å². The van der Waals surface area contributed by atoms with E-state index in [0.29, 0.717) is 0 Å². The Kier molecular flexibility index (Phi) is 3.80. The molecule has 0 bridgehead atoms. The summed E-state index contributed by atoms with van der Waals surface area (Å²) in [5.41, 5.74) is 4.59. The Labute approximate surface area is 145 Å². The summed E-state index contributed by atoms with van der Waals surface area (Å²) in [7, 11) is 1.69. The molecule has 0 N–H and O–H groups in total. The first kappa shape index (κ1) is 15.5. The van der Waals surface area contributed by atoms with E-state index in [1.807, 2.05) is 54.9 Å². The number of para-hydroxylation sites is 1. The van der Waals surface area contributed by atoms with Gasteiger partial charge in [-0.15, -0.1) is 0 Å². The summed E-state index contributed by atoms with van der Waals surface area (Å²) in [4.78, 5) is 13.7. The summed E-state index contributed by atoms with van der Waals surface area (Å²) in [5, 5.41) is 5.62. The van der Waals surface area contributed by atoms with Gasteiger partial charge in [0.05, 0.1) is 24.0 Å². The van der Waals surface area contributed by atoms with Gasteiger partial charge < -0.3 is 4.74 Å². The topological polar surface area (TPSA) is 65.2 Å². The fourth-order valence-corrected chi connectivity index (χ4v) is 2.98. The number of fused-ring (bicyclic) bond motifs is 2. The molecule has 126 valence electrons. The van der Waals surface area contributed by atoms with Crippen LogP contribution in [0.3, 0.4) is 0 Å². The quantitative estimate of drug-likeness (QED) is 0.574. The summed E-state index contributed by atoms with van der Waals surface area (Å²) < 4.78 is 7.37. The molecule has 0 aliphatic rings. The number of methoxy groups -OCH3 is 1. The molecule has 0 saturated heterocycles. The Morgan fingerprint density at radius 3 is 2.72 bits per heavy atom. The molecule has 0 unspecified atom stereocenters. The molecule has 0 spiro atoms. The van der Waals surface area contributed by atoms with Crippen molar-refractivity contribution in [1.82, 2.24) is 24.6 Å². The Morgan fingerprint density at radius 2 is 1.92 bits per heavy atom. The van der Waals surface area contributed by atoms with Gasteiger partial charge >= 0.3 is 0 Å². The molecule has 0 atom stereocenters. The van der Waals surface area contributed by atoms with E-state index >= 15 is 0 Å². The van der Waals surface area contributed by atoms with Crippen LogP contribution in [0.25, 0.3) is 16.6 Å². The Morgan fingerprint density at radius 1 is 1.08 bits per heavy atom. The average Bonchev–Trinajstić information content (AvgIpc) is 3.08. The fraction of sp³-hybridized carbons (Fsp3) is 0.263. The molecule has 6 nitrogen and oxygen atoms in total. The highest BCUT2D eigenvalue weighted by molar-refractivity contribution is 5.85. The van der Waals surface area contributed by atoms with E-state index in [-0.39, 0.29) is 0 Å². The zero-order valence-corrected chi connectivity index (χ0v) is 14.5. The lowest BCUT2D eigenvalue weighted by Gasteiger charge is -2.07. The first-order valence-corrected chi connectivity index (χ1v) is 8.26. The van der Waals surface area contributed by atoms with E-state index in [0.717, 1.165) is 58.0 Å². The number of aryl methyl sites for hydroxylation is 4. The molecule has 0 fully saturated rings. The van der Waals surface area contributed by atoms with Gasteiger partial charge in [0.2, 0.25) is 0 Å². The molecular formula is C19H19N5O. The number of pyridine rings is 1. The predicted octanol–water partition coefficient (Wildman–Crippen LogP) is 3.08. The van der Waals surface area contributed by atoms with Crippen LogP contribution in [0, 0.1) is 13.8 Å². The van der Waals surface area contributed by atoms with Crippen molar-refractivity contribution in [3.05, 3.63) is 59.4 Å². The highest BCUT2D eigenvalue weighted by Gasteiger charge is 2.11. The van der Waals surface area contributed by atoms with Crippen LogP contribution in [0.15, 0.2) is 36.5 Å². The van der Waals surface area contributed by atoms with Crippen molar-refractivity contribution < 1.29 is 4.74 Å². The van der Waals surface area contributed by atoms with Crippen LogP contribution in [0.2, 0.25) is 0 Å². The van der Waals surface area contributed by atoms with E-state index in [9.17, 15) is 0 Å². The number of ether oxygens (including phenoxy) is 1. The summed E-state index contributed by atoms with van der Waals surface area (Å²) in [6.07, 6.45) is 3.29. The average molecular weight is 333 g/mol. The van der Waals surface area contributed by atoms with E-state index in [1.54, 1.807) is 7.11 Å². The molecule has 0 radical (unpaired) electrons. The lowest BCUT2D eigenvalue weighted by molar-refractivity contribution is 0.419. The van der Waals surface area contributed by atoms with Gasteiger partial charge in [0.25, 0.3) is 0 Å². The van der Waals surface area contributed by atoms with E-state index in [4.69, 9.17) is 9.72 Å². The maximum atomic E-state index is 5.52. The summed E-state index contributed by atoms with van der Waals surface area (Å²) >= 11 is 0. The van der Waals surface area contributed by atoms with Crippen molar-refractivity contribution in [3.8, 4) is 5.75 Å². The second kappa shape index (κ2) is 6.12. The monoisotopic (exact) mass is 333 g/mol. The van der Waals surface area contributed by atoms with Crippen LogP contribution in [-0.4, -0.2) is 31.7 Å². The third-order valence-corrected chi connectivity index (χ3v) is 4.31. The number of aromatic nitrogens is 5. The third kappa shape index (κ3) is 2.80. The molecule has 1 aromatic carbocycles. The molecule has 0 aliphatic heterocycles. The third-order valence-electron chi connectivity index (χ3n) is 4.31. The zero-order valence-electron chi connectivity index (χ0n) is 14.5. The van der Waals surface area contributed by atoms with Crippen molar-refractivity contribution in [3.63, 3.8) is 0 Å². The SMILES string of the molecule is COc1cc(CCc2nc3c(C)ncc(C)n3n2)nc2ccccc12. The van der Waals surface area contributed by atoms with Crippen molar-refractivity contribution in [2.45, 2.75) is 26.7 Å². The predicted molar refractivity (Wildman–Crippen MR) is 96.0 cm³/mol.